The second-order valence-electron chi connectivity index (χ2n) is 6.43. The second kappa shape index (κ2) is 7.47. The first-order valence-corrected chi connectivity index (χ1v) is 8.40. The standard InChI is InChI=1S/C20H20FNO3/c21-16-10-8-14(9-11-16)19(13-5-3-6-13)22-18(23)12-15-4-1-2-7-17(15)20(24)25/h1-2,4,7-11,13,19H,3,5-6,12H2,(H,22,23)(H,24,25). The van der Waals surface area contributed by atoms with Crippen LogP contribution in [0.15, 0.2) is 48.5 Å². The highest BCUT2D eigenvalue weighted by Crippen LogP contribution is 2.37. The first-order chi connectivity index (χ1) is 12.0. The van der Waals surface area contributed by atoms with Gasteiger partial charge in [-0.05, 0) is 48.1 Å². The van der Waals surface area contributed by atoms with Gasteiger partial charge >= 0.3 is 5.97 Å². The van der Waals surface area contributed by atoms with Gasteiger partial charge in [-0.15, -0.1) is 0 Å². The van der Waals surface area contributed by atoms with E-state index in [2.05, 4.69) is 5.32 Å². The molecule has 2 aromatic rings. The Balaban J connectivity index is 1.75. The summed E-state index contributed by atoms with van der Waals surface area (Å²) in [6.07, 6.45) is 3.18. The lowest BCUT2D eigenvalue weighted by atomic mass is 9.77. The lowest BCUT2D eigenvalue weighted by Crippen LogP contribution is -2.37. The maximum absolute atomic E-state index is 13.2. The first-order valence-electron chi connectivity index (χ1n) is 8.40. The van der Waals surface area contributed by atoms with E-state index < -0.39 is 5.97 Å². The highest BCUT2D eigenvalue weighted by Gasteiger charge is 2.30. The summed E-state index contributed by atoms with van der Waals surface area (Å²) in [5.41, 5.74) is 1.50. The predicted molar refractivity (Wildman–Crippen MR) is 91.7 cm³/mol. The van der Waals surface area contributed by atoms with Gasteiger partial charge in [-0.25, -0.2) is 9.18 Å². The van der Waals surface area contributed by atoms with Crippen LogP contribution in [0.3, 0.4) is 0 Å². The molecule has 2 aromatic carbocycles. The van der Waals surface area contributed by atoms with Gasteiger partial charge in [-0.1, -0.05) is 36.8 Å². The minimum atomic E-state index is -1.04. The monoisotopic (exact) mass is 341 g/mol. The van der Waals surface area contributed by atoms with Crippen LogP contribution in [0.1, 0.15) is 46.8 Å². The Kier molecular flexibility index (Phi) is 5.12. The van der Waals surface area contributed by atoms with Gasteiger partial charge in [0.1, 0.15) is 5.82 Å². The molecule has 130 valence electrons. The average Bonchev–Trinajstić information content (AvgIpc) is 2.53. The van der Waals surface area contributed by atoms with Crippen molar-refractivity contribution in [3.63, 3.8) is 0 Å². The number of rotatable bonds is 6. The largest absolute Gasteiger partial charge is 0.478 e. The van der Waals surface area contributed by atoms with E-state index in [-0.39, 0.29) is 29.8 Å². The highest BCUT2D eigenvalue weighted by molar-refractivity contribution is 5.91. The van der Waals surface area contributed by atoms with E-state index in [9.17, 15) is 19.1 Å². The molecule has 1 unspecified atom stereocenters. The topological polar surface area (TPSA) is 66.4 Å². The third-order valence-corrected chi connectivity index (χ3v) is 4.77. The molecule has 1 amide bonds. The number of hydrogen-bond acceptors (Lipinski definition) is 2. The lowest BCUT2D eigenvalue weighted by Gasteiger charge is -2.34. The quantitative estimate of drug-likeness (QED) is 0.841. The smallest absolute Gasteiger partial charge is 0.335 e. The van der Waals surface area contributed by atoms with Crippen LogP contribution in [0.25, 0.3) is 0 Å². The number of amides is 1. The molecule has 2 N–H and O–H groups in total. The van der Waals surface area contributed by atoms with Gasteiger partial charge in [-0.3, -0.25) is 4.79 Å². The van der Waals surface area contributed by atoms with Crippen LogP contribution in [0, 0.1) is 11.7 Å². The van der Waals surface area contributed by atoms with Gasteiger partial charge in [0.25, 0.3) is 0 Å². The fourth-order valence-electron chi connectivity index (χ4n) is 3.20. The molecule has 1 atom stereocenters. The summed E-state index contributed by atoms with van der Waals surface area (Å²) in [6.45, 7) is 0. The number of halogens is 1. The molecule has 5 heteroatoms. The Labute approximate surface area is 145 Å². The van der Waals surface area contributed by atoms with Crippen LogP contribution < -0.4 is 5.32 Å². The molecular weight excluding hydrogens is 321 g/mol. The Morgan fingerprint density at radius 2 is 1.80 bits per heavy atom. The summed E-state index contributed by atoms with van der Waals surface area (Å²) < 4.78 is 13.2. The van der Waals surface area contributed by atoms with E-state index in [1.165, 1.54) is 18.2 Å². The van der Waals surface area contributed by atoms with Gasteiger partial charge in [0.05, 0.1) is 18.0 Å². The van der Waals surface area contributed by atoms with E-state index >= 15 is 0 Å². The molecule has 1 aliphatic carbocycles. The van der Waals surface area contributed by atoms with Crippen molar-refractivity contribution in [1.82, 2.24) is 5.32 Å². The number of carboxylic acid groups (broad SMARTS) is 1. The van der Waals surface area contributed by atoms with Crippen molar-refractivity contribution < 1.29 is 19.1 Å². The third-order valence-electron chi connectivity index (χ3n) is 4.77. The average molecular weight is 341 g/mol. The van der Waals surface area contributed by atoms with E-state index in [4.69, 9.17) is 0 Å². The van der Waals surface area contributed by atoms with E-state index in [0.717, 1.165) is 24.8 Å². The predicted octanol–water partition coefficient (Wildman–Crippen LogP) is 3.72. The van der Waals surface area contributed by atoms with Gasteiger partial charge in [0.15, 0.2) is 0 Å². The van der Waals surface area contributed by atoms with Gasteiger partial charge in [0, 0.05) is 0 Å². The molecule has 1 aliphatic rings. The minimum Gasteiger partial charge on any atom is -0.478 e. The number of carbonyl (C=O) groups excluding carboxylic acids is 1. The Bertz CT molecular complexity index is 769. The molecule has 0 aliphatic heterocycles. The zero-order valence-electron chi connectivity index (χ0n) is 13.7. The molecule has 3 rings (SSSR count). The molecule has 1 saturated carbocycles. The van der Waals surface area contributed by atoms with Gasteiger partial charge in [0.2, 0.25) is 5.91 Å². The summed E-state index contributed by atoms with van der Waals surface area (Å²) in [5, 5.41) is 12.2. The number of aromatic carboxylic acids is 1. The van der Waals surface area contributed by atoms with Crippen LogP contribution in [0.4, 0.5) is 4.39 Å². The van der Waals surface area contributed by atoms with Crippen LogP contribution in [0.2, 0.25) is 0 Å². The molecule has 0 heterocycles. The highest BCUT2D eigenvalue weighted by atomic mass is 19.1. The van der Waals surface area contributed by atoms with Crippen molar-refractivity contribution in [3.8, 4) is 0 Å². The van der Waals surface area contributed by atoms with Crippen molar-refractivity contribution in [3.05, 3.63) is 71.0 Å². The third kappa shape index (κ3) is 4.05. The molecule has 1 fully saturated rings. The van der Waals surface area contributed by atoms with Crippen molar-refractivity contribution in [1.29, 1.82) is 0 Å². The Morgan fingerprint density at radius 3 is 2.40 bits per heavy atom. The number of carboxylic acids is 1. The zero-order valence-corrected chi connectivity index (χ0v) is 13.7. The Morgan fingerprint density at radius 1 is 1.12 bits per heavy atom. The molecule has 25 heavy (non-hydrogen) atoms. The molecular formula is C20H20FNO3. The first kappa shape index (κ1) is 17.1. The zero-order chi connectivity index (χ0) is 17.8. The number of benzene rings is 2. The van der Waals surface area contributed by atoms with Crippen LogP contribution in [-0.2, 0) is 11.2 Å². The molecule has 0 spiro atoms. The fourth-order valence-corrected chi connectivity index (χ4v) is 3.20. The van der Waals surface area contributed by atoms with Gasteiger partial charge < -0.3 is 10.4 Å². The van der Waals surface area contributed by atoms with Crippen LogP contribution in [-0.4, -0.2) is 17.0 Å². The van der Waals surface area contributed by atoms with E-state index in [0.29, 0.717) is 11.5 Å². The van der Waals surface area contributed by atoms with E-state index in [1.54, 1.807) is 30.3 Å². The van der Waals surface area contributed by atoms with Crippen LogP contribution >= 0.6 is 0 Å². The Hall–Kier alpha value is -2.69. The number of hydrogen-bond donors (Lipinski definition) is 2. The summed E-state index contributed by atoms with van der Waals surface area (Å²) in [7, 11) is 0. The molecule has 0 radical (unpaired) electrons. The number of nitrogens with one attached hydrogen (secondary N) is 1. The SMILES string of the molecule is O=C(Cc1ccccc1C(=O)O)NC(c1ccc(F)cc1)C1CCC1. The van der Waals surface area contributed by atoms with Crippen molar-refractivity contribution >= 4 is 11.9 Å². The maximum atomic E-state index is 13.2. The molecule has 0 saturated heterocycles. The molecule has 0 aromatic heterocycles. The van der Waals surface area contributed by atoms with E-state index in [1.807, 2.05) is 0 Å². The van der Waals surface area contributed by atoms with Crippen molar-refractivity contribution in [2.24, 2.45) is 5.92 Å². The van der Waals surface area contributed by atoms with Crippen LogP contribution in [0.5, 0.6) is 0 Å². The summed E-state index contributed by atoms with van der Waals surface area (Å²) in [6, 6.07) is 12.5. The van der Waals surface area contributed by atoms with Crippen molar-refractivity contribution in [2.75, 3.05) is 0 Å². The summed E-state index contributed by atoms with van der Waals surface area (Å²) >= 11 is 0. The summed E-state index contributed by atoms with van der Waals surface area (Å²) in [4.78, 5) is 23.8. The second-order valence-corrected chi connectivity index (χ2v) is 6.43. The van der Waals surface area contributed by atoms with Crippen molar-refractivity contribution in [2.45, 2.75) is 31.7 Å². The minimum absolute atomic E-state index is 0.00683. The molecule has 0 bridgehead atoms. The fraction of sp³-hybridized carbons (Fsp3) is 0.300. The normalized spacial score (nSPS) is 15.2. The summed E-state index contributed by atoms with van der Waals surface area (Å²) in [5.74, 6) is -1.24. The molecule has 4 nitrogen and oxygen atoms in total. The maximum Gasteiger partial charge on any atom is 0.335 e. The number of carbonyl (C=O) groups is 2. The van der Waals surface area contributed by atoms with Gasteiger partial charge in [-0.2, -0.15) is 0 Å². The lowest BCUT2D eigenvalue weighted by molar-refractivity contribution is -0.121.